The van der Waals surface area contributed by atoms with Gasteiger partial charge in [0, 0.05) is 17.7 Å². The quantitative estimate of drug-likeness (QED) is 0.629. The van der Waals surface area contributed by atoms with Gasteiger partial charge in [-0.25, -0.2) is 9.97 Å². The Morgan fingerprint density at radius 2 is 1.90 bits per heavy atom. The van der Waals surface area contributed by atoms with Crippen LogP contribution in [0.2, 0.25) is 0 Å². The summed E-state index contributed by atoms with van der Waals surface area (Å²) in [6.45, 7) is 0. The largest absolute Gasteiger partial charge is 0.304 e. The molecule has 1 heterocycles. The van der Waals surface area contributed by atoms with Crippen LogP contribution in [0.1, 0.15) is 10.4 Å². The first-order valence-electron chi connectivity index (χ1n) is 5.21. The van der Waals surface area contributed by atoms with Gasteiger partial charge in [-0.1, -0.05) is 0 Å². The molecule has 20 heavy (non-hydrogen) atoms. The highest BCUT2D eigenvalue weighted by atomic mass is 79.9. The maximum absolute atomic E-state index is 12.0. The molecule has 102 valence electrons. The molecule has 0 bridgehead atoms. The Morgan fingerprint density at radius 1 is 1.25 bits per heavy atom. The molecule has 0 unspecified atom stereocenters. The molecule has 0 saturated heterocycles. The monoisotopic (exact) mass is 400 g/mol. The molecule has 0 aliphatic rings. The summed E-state index contributed by atoms with van der Waals surface area (Å²) < 4.78 is 0.903. The van der Waals surface area contributed by atoms with E-state index in [1.807, 2.05) is 0 Å². The van der Waals surface area contributed by atoms with Gasteiger partial charge in [0.15, 0.2) is 5.82 Å². The molecule has 0 aliphatic carbocycles. The van der Waals surface area contributed by atoms with Crippen molar-refractivity contribution in [3.05, 3.63) is 55.3 Å². The first kappa shape index (κ1) is 14.5. The molecule has 7 nitrogen and oxygen atoms in total. The third kappa shape index (κ3) is 3.36. The minimum atomic E-state index is -0.529. The molecular formula is C11H6Br2N4O3. The first-order valence-corrected chi connectivity index (χ1v) is 6.80. The number of amides is 1. The van der Waals surface area contributed by atoms with Crippen LogP contribution in [0, 0.1) is 10.1 Å². The third-order valence-electron chi connectivity index (χ3n) is 2.27. The molecule has 0 saturated carbocycles. The number of hydrogen-bond acceptors (Lipinski definition) is 5. The Labute approximate surface area is 129 Å². The summed E-state index contributed by atoms with van der Waals surface area (Å²) in [5, 5.41) is 13.1. The molecule has 0 atom stereocenters. The summed E-state index contributed by atoms with van der Waals surface area (Å²) in [6.07, 6.45) is 1.44. The van der Waals surface area contributed by atoms with Crippen molar-refractivity contribution in [1.82, 2.24) is 9.97 Å². The Bertz CT molecular complexity index is 676. The molecule has 9 heteroatoms. The first-order chi connectivity index (χ1) is 9.47. The van der Waals surface area contributed by atoms with E-state index in [9.17, 15) is 14.9 Å². The average molecular weight is 402 g/mol. The second-order valence-corrected chi connectivity index (χ2v) is 5.15. The van der Waals surface area contributed by atoms with Gasteiger partial charge in [-0.15, -0.1) is 0 Å². The summed E-state index contributed by atoms with van der Waals surface area (Å²) in [5.41, 5.74) is 0.207. The van der Waals surface area contributed by atoms with Crippen LogP contribution in [0.15, 0.2) is 39.7 Å². The molecule has 2 aromatic rings. The fourth-order valence-electron chi connectivity index (χ4n) is 1.34. The number of carbonyl (C=O) groups excluding carboxylic acids is 1. The summed E-state index contributed by atoms with van der Waals surface area (Å²) in [4.78, 5) is 30.0. The summed E-state index contributed by atoms with van der Waals surface area (Å²) in [5.74, 6) is -0.172. The van der Waals surface area contributed by atoms with Gasteiger partial charge in [-0.05, 0) is 44.0 Å². The van der Waals surface area contributed by atoms with Crippen LogP contribution < -0.4 is 5.32 Å². The van der Waals surface area contributed by atoms with Crippen LogP contribution in [-0.4, -0.2) is 20.8 Å². The van der Waals surface area contributed by atoms with Gasteiger partial charge in [0.05, 0.1) is 11.1 Å². The number of rotatable bonds is 3. The Hall–Kier alpha value is -1.87. The van der Waals surface area contributed by atoms with Gasteiger partial charge < -0.3 is 5.32 Å². The number of nitro benzene ring substituents is 1. The van der Waals surface area contributed by atoms with E-state index in [1.54, 1.807) is 0 Å². The number of aromatic nitrogens is 2. The maximum atomic E-state index is 12.0. The van der Waals surface area contributed by atoms with Crippen LogP contribution in [0.4, 0.5) is 11.5 Å². The summed E-state index contributed by atoms with van der Waals surface area (Å²) in [6, 6.07) is 5.26. The number of benzene rings is 1. The normalized spacial score (nSPS) is 10.1. The third-order valence-corrected chi connectivity index (χ3v) is 3.21. The zero-order valence-corrected chi connectivity index (χ0v) is 12.9. The van der Waals surface area contributed by atoms with Crippen LogP contribution in [-0.2, 0) is 0 Å². The van der Waals surface area contributed by atoms with Gasteiger partial charge in [0.2, 0.25) is 0 Å². The van der Waals surface area contributed by atoms with Gasteiger partial charge >= 0.3 is 0 Å². The minimum absolute atomic E-state index is 0.0776. The minimum Gasteiger partial charge on any atom is -0.304 e. The predicted octanol–water partition coefficient (Wildman–Crippen LogP) is 3.16. The van der Waals surface area contributed by atoms with E-state index in [-0.39, 0.29) is 17.1 Å². The lowest BCUT2D eigenvalue weighted by Gasteiger charge is -2.05. The van der Waals surface area contributed by atoms with Crippen LogP contribution in [0.3, 0.4) is 0 Å². The highest BCUT2D eigenvalue weighted by Gasteiger charge is 2.12. The highest BCUT2D eigenvalue weighted by Crippen LogP contribution is 2.20. The lowest BCUT2D eigenvalue weighted by molar-refractivity contribution is -0.384. The second kappa shape index (κ2) is 6.06. The molecule has 0 fully saturated rings. The Kier molecular flexibility index (Phi) is 4.40. The van der Waals surface area contributed by atoms with Crippen molar-refractivity contribution in [3.63, 3.8) is 0 Å². The van der Waals surface area contributed by atoms with Crippen LogP contribution in [0.25, 0.3) is 0 Å². The molecule has 0 spiro atoms. The predicted molar refractivity (Wildman–Crippen MR) is 78.5 cm³/mol. The van der Waals surface area contributed by atoms with E-state index in [4.69, 9.17) is 0 Å². The van der Waals surface area contributed by atoms with Crippen molar-refractivity contribution in [2.45, 2.75) is 0 Å². The van der Waals surface area contributed by atoms with Crippen LogP contribution >= 0.6 is 31.9 Å². The van der Waals surface area contributed by atoms with Crippen molar-refractivity contribution in [1.29, 1.82) is 0 Å². The van der Waals surface area contributed by atoms with Gasteiger partial charge in [0.25, 0.3) is 11.6 Å². The van der Waals surface area contributed by atoms with Crippen molar-refractivity contribution in [2.24, 2.45) is 0 Å². The molecular weight excluding hydrogens is 396 g/mol. The van der Waals surface area contributed by atoms with Crippen molar-refractivity contribution in [2.75, 3.05) is 5.32 Å². The fourth-order valence-corrected chi connectivity index (χ4v) is 2.25. The number of hydrogen-bond donors (Lipinski definition) is 1. The number of nitrogens with one attached hydrogen (secondary N) is 1. The zero-order valence-electron chi connectivity index (χ0n) is 9.71. The highest BCUT2D eigenvalue weighted by molar-refractivity contribution is 9.11. The molecule has 2 rings (SSSR count). The molecule has 1 amide bonds. The maximum Gasteiger partial charge on any atom is 0.269 e. The number of nitrogens with zero attached hydrogens (tertiary/aromatic N) is 3. The fraction of sp³-hybridized carbons (Fsp3) is 0. The van der Waals surface area contributed by atoms with Gasteiger partial charge in [0.1, 0.15) is 9.21 Å². The standard InChI is InChI=1S/C11H6Br2N4O3/c12-8-5-14-10(9(13)15-8)16-11(18)6-1-3-7(4-2-6)17(19)20/h1-5H,(H,14,16,18). The second-order valence-electron chi connectivity index (χ2n) is 3.59. The van der Waals surface area contributed by atoms with E-state index >= 15 is 0 Å². The number of carbonyl (C=O) groups is 1. The molecule has 0 aliphatic heterocycles. The summed E-state index contributed by atoms with van der Waals surface area (Å²) >= 11 is 6.32. The SMILES string of the molecule is O=C(Nc1ncc(Br)nc1Br)c1ccc([N+](=O)[O-])cc1. The number of non-ortho nitro benzene ring substituents is 1. The topological polar surface area (TPSA) is 98.0 Å². The molecule has 1 N–H and O–H groups in total. The van der Waals surface area contributed by atoms with Crippen molar-refractivity contribution < 1.29 is 9.72 Å². The lowest BCUT2D eigenvalue weighted by Crippen LogP contribution is -2.13. The van der Waals surface area contributed by atoms with Crippen molar-refractivity contribution >= 4 is 49.3 Å². The molecule has 1 aromatic heterocycles. The van der Waals surface area contributed by atoms with E-state index < -0.39 is 10.8 Å². The Morgan fingerprint density at radius 3 is 2.45 bits per heavy atom. The van der Waals surface area contributed by atoms with Gasteiger partial charge in [-0.2, -0.15) is 0 Å². The smallest absolute Gasteiger partial charge is 0.269 e. The number of nitro groups is 1. The van der Waals surface area contributed by atoms with Gasteiger partial charge in [-0.3, -0.25) is 14.9 Å². The molecule has 0 radical (unpaired) electrons. The van der Waals surface area contributed by atoms with E-state index in [0.717, 1.165) is 0 Å². The van der Waals surface area contributed by atoms with Crippen molar-refractivity contribution in [3.8, 4) is 0 Å². The Balaban J connectivity index is 2.17. The van der Waals surface area contributed by atoms with E-state index in [0.29, 0.717) is 9.21 Å². The lowest BCUT2D eigenvalue weighted by atomic mass is 10.2. The molecule has 1 aromatic carbocycles. The summed E-state index contributed by atoms with van der Waals surface area (Å²) in [7, 11) is 0. The van der Waals surface area contributed by atoms with E-state index in [1.165, 1.54) is 30.5 Å². The van der Waals surface area contributed by atoms with Crippen LogP contribution in [0.5, 0.6) is 0 Å². The zero-order chi connectivity index (χ0) is 14.7. The van der Waals surface area contributed by atoms with E-state index in [2.05, 4.69) is 47.1 Å². The number of halogens is 2. The average Bonchev–Trinajstić information content (AvgIpc) is 2.42. The number of anilines is 1.